The van der Waals surface area contributed by atoms with Crippen molar-refractivity contribution >= 4 is 40.3 Å². The van der Waals surface area contributed by atoms with Gasteiger partial charge >= 0.3 is 0 Å². The van der Waals surface area contributed by atoms with E-state index in [9.17, 15) is 0 Å². The number of halogens is 1. The van der Waals surface area contributed by atoms with Crippen LogP contribution in [0.25, 0.3) is 0 Å². The highest BCUT2D eigenvalue weighted by Gasteiger charge is 2.31. The van der Waals surface area contributed by atoms with Crippen LogP contribution in [0.4, 0.5) is 5.69 Å². The number of thiocarbonyl (C=S) groups is 1. The highest BCUT2D eigenvalue weighted by molar-refractivity contribution is 7.80. The minimum atomic E-state index is 0.672. The van der Waals surface area contributed by atoms with Crippen molar-refractivity contribution < 1.29 is 0 Å². The zero-order valence-electron chi connectivity index (χ0n) is 13.5. The summed E-state index contributed by atoms with van der Waals surface area (Å²) >= 11 is 11.7. The van der Waals surface area contributed by atoms with Crippen LogP contribution < -0.4 is 10.7 Å². The van der Waals surface area contributed by atoms with Crippen LogP contribution in [0.2, 0.25) is 5.02 Å². The maximum Gasteiger partial charge on any atom is 0.189 e. The first-order chi connectivity index (χ1) is 11.7. The van der Waals surface area contributed by atoms with E-state index in [1.165, 1.54) is 12.8 Å². The molecular formula is C16H21ClN6S. The molecule has 0 unspecified atom stereocenters. The third kappa shape index (κ3) is 3.34. The van der Waals surface area contributed by atoms with Gasteiger partial charge < -0.3 is 10.2 Å². The van der Waals surface area contributed by atoms with E-state index in [2.05, 4.69) is 30.6 Å². The summed E-state index contributed by atoms with van der Waals surface area (Å²) in [5.74, 6) is 0. The highest BCUT2D eigenvalue weighted by Crippen LogP contribution is 2.28. The van der Waals surface area contributed by atoms with Gasteiger partial charge in [-0.3, -0.25) is 15.3 Å². The Kier molecular flexibility index (Phi) is 4.56. The Labute approximate surface area is 152 Å². The van der Waals surface area contributed by atoms with Crippen molar-refractivity contribution in [2.75, 3.05) is 38.0 Å². The quantitative estimate of drug-likeness (QED) is 0.617. The topological polar surface area (TPSA) is 55.8 Å². The van der Waals surface area contributed by atoms with Gasteiger partial charge in [0.1, 0.15) is 5.69 Å². The number of hydrazone groups is 1. The van der Waals surface area contributed by atoms with E-state index >= 15 is 0 Å². The molecule has 2 fully saturated rings. The van der Waals surface area contributed by atoms with Crippen molar-refractivity contribution in [1.29, 1.82) is 0 Å². The summed E-state index contributed by atoms with van der Waals surface area (Å²) in [5.41, 5.74) is 5.62. The normalized spacial score (nSPS) is 22.9. The van der Waals surface area contributed by atoms with Gasteiger partial charge in [0, 0.05) is 51.4 Å². The lowest BCUT2D eigenvalue weighted by Crippen LogP contribution is -2.51. The lowest BCUT2D eigenvalue weighted by molar-refractivity contribution is 0.173. The molecule has 0 radical (unpaired) electrons. The zero-order valence-corrected chi connectivity index (χ0v) is 15.0. The van der Waals surface area contributed by atoms with E-state index in [4.69, 9.17) is 23.8 Å². The van der Waals surface area contributed by atoms with E-state index in [-0.39, 0.29) is 0 Å². The molecule has 2 aliphatic heterocycles. The smallest absolute Gasteiger partial charge is 0.189 e. The van der Waals surface area contributed by atoms with E-state index in [0.717, 1.165) is 62.3 Å². The van der Waals surface area contributed by atoms with E-state index in [1.807, 2.05) is 0 Å². The van der Waals surface area contributed by atoms with E-state index < -0.39 is 0 Å². The highest BCUT2D eigenvalue weighted by atomic mass is 35.5. The van der Waals surface area contributed by atoms with Crippen LogP contribution in [0.5, 0.6) is 0 Å². The maximum absolute atomic E-state index is 6.22. The van der Waals surface area contributed by atoms with Crippen molar-refractivity contribution in [2.24, 2.45) is 5.10 Å². The largest absolute Gasteiger partial charge is 0.382 e. The predicted octanol–water partition coefficient (Wildman–Crippen LogP) is 1.91. The Morgan fingerprint density at radius 3 is 2.88 bits per heavy atom. The molecule has 1 aromatic heterocycles. The van der Waals surface area contributed by atoms with Gasteiger partial charge in [0.2, 0.25) is 0 Å². The summed E-state index contributed by atoms with van der Waals surface area (Å²) in [6.45, 7) is 4.91. The monoisotopic (exact) mass is 364 g/mol. The SMILES string of the molecule is S=C(N/N=C1/CCNc2c(Cl)ccnc21)N1CCN(C2CC2)CC1. The molecule has 0 atom stereocenters. The fourth-order valence-electron chi connectivity index (χ4n) is 3.27. The first kappa shape index (κ1) is 16.1. The first-order valence-electron chi connectivity index (χ1n) is 8.46. The average Bonchev–Trinajstić information content (AvgIpc) is 3.45. The third-order valence-corrected chi connectivity index (χ3v) is 5.45. The molecule has 2 N–H and O–H groups in total. The number of hydrogen-bond acceptors (Lipinski definition) is 5. The lowest BCUT2D eigenvalue weighted by Gasteiger charge is -2.35. The van der Waals surface area contributed by atoms with Gasteiger partial charge in [-0.05, 0) is 31.1 Å². The lowest BCUT2D eigenvalue weighted by atomic mass is 10.1. The first-order valence-corrected chi connectivity index (χ1v) is 9.25. The van der Waals surface area contributed by atoms with Crippen LogP contribution in [0.1, 0.15) is 25.0 Å². The van der Waals surface area contributed by atoms with Crippen LogP contribution in [0.15, 0.2) is 17.4 Å². The van der Waals surface area contributed by atoms with Gasteiger partial charge in [-0.1, -0.05) is 11.6 Å². The zero-order chi connectivity index (χ0) is 16.5. The Morgan fingerprint density at radius 2 is 2.12 bits per heavy atom. The van der Waals surface area contributed by atoms with Gasteiger partial charge in [-0.15, -0.1) is 0 Å². The molecule has 1 saturated carbocycles. The summed E-state index contributed by atoms with van der Waals surface area (Å²) in [4.78, 5) is 9.18. The minimum Gasteiger partial charge on any atom is -0.382 e. The van der Waals surface area contributed by atoms with Gasteiger partial charge in [0.15, 0.2) is 5.11 Å². The molecule has 6 nitrogen and oxygen atoms in total. The molecule has 8 heteroatoms. The second kappa shape index (κ2) is 6.82. The molecule has 128 valence electrons. The molecular weight excluding hydrogens is 344 g/mol. The van der Waals surface area contributed by atoms with Crippen LogP contribution in [-0.4, -0.2) is 64.4 Å². The standard InChI is InChI=1S/C16H21ClN6S/c17-12-3-5-19-15-13(4-6-18-14(12)15)20-21-16(24)23-9-7-22(8-10-23)11-1-2-11/h3,5,11,18H,1-2,4,6-10H2,(H,21,24)/b20-13-. The van der Waals surface area contributed by atoms with E-state index in [1.54, 1.807) is 12.3 Å². The second-order valence-corrected chi connectivity index (χ2v) is 7.22. The number of nitrogens with one attached hydrogen (secondary N) is 2. The van der Waals surface area contributed by atoms with Crippen LogP contribution in [0, 0.1) is 0 Å². The molecule has 3 aliphatic rings. The van der Waals surface area contributed by atoms with E-state index in [0.29, 0.717) is 10.1 Å². The molecule has 0 amide bonds. The summed E-state index contributed by atoms with van der Waals surface area (Å²) in [7, 11) is 0. The molecule has 1 aliphatic carbocycles. The Morgan fingerprint density at radius 1 is 1.33 bits per heavy atom. The number of fused-ring (bicyclic) bond motifs is 1. The fourth-order valence-corrected chi connectivity index (χ4v) is 3.72. The van der Waals surface area contributed by atoms with Gasteiger partial charge in [-0.25, -0.2) is 0 Å². The summed E-state index contributed by atoms with van der Waals surface area (Å²) in [6, 6.07) is 2.62. The fraction of sp³-hybridized carbons (Fsp3) is 0.562. The van der Waals surface area contributed by atoms with Crippen LogP contribution >= 0.6 is 23.8 Å². The van der Waals surface area contributed by atoms with Gasteiger partial charge in [-0.2, -0.15) is 5.10 Å². The minimum absolute atomic E-state index is 0.672. The van der Waals surface area contributed by atoms with Crippen molar-refractivity contribution in [3.05, 3.63) is 23.0 Å². The summed E-state index contributed by atoms with van der Waals surface area (Å²) in [5, 5.41) is 9.16. The molecule has 0 aromatic carbocycles. The molecule has 3 heterocycles. The van der Waals surface area contributed by atoms with Crippen molar-refractivity contribution in [2.45, 2.75) is 25.3 Å². The number of rotatable bonds is 2. The Balaban J connectivity index is 1.39. The number of anilines is 1. The molecule has 1 saturated heterocycles. The van der Waals surface area contributed by atoms with Crippen molar-refractivity contribution in [3.63, 3.8) is 0 Å². The van der Waals surface area contributed by atoms with Crippen molar-refractivity contribution in [1.82, 2.24) is 20.2 Å². The Bertz CT molecular complexity index is 667. The number of pyridine rings is 1. The van der Waals surface area contributed by atoms with Gasteiger partial charge in [0.25, 0.3) is 0 Å². The molecule has 0 spiro atoms. The van der Waals surface area contributed by atoms with Crippen LogP contribution in [-0.2, 0) is 0 Å². The summed E-state index contributed by atoms with van der Waals surface area (Å²) in [6.07, 6.45) is 5.23. The second-order valence-electron chi connectivity index (χ2n) is 6.42. The number of hydrogen-bond donors (Lipinski definition) is 2. The molecule has 24 heavy (non-hydrogen) atoms. The van der Waals surface area contributed by atoms with Crippen molar-refractivity contribution in [3.8, 4) is 0 Å². The molecule has 1 aromatic rings. The number of aromatic nitrogens is 1. The predicted molar refractivity (Wildman–Crippen MR) is 101 cm³/mol. The molecule has 0 bridgehead atoms. The average molecular weight is 365 g/mol. The number of piperazine rings is 1. The third-order valence-electron chi connectivity index (χ3n) is 4.79. The molecule has 4 rings (SSSR count). The summed E-state index contributed by atoms with van der Waals surface area (Å²) < 4.78 is 0. The Hall–Kier alpha value is -1.44. The van der Waals surface area contributed by atoms with Crippen LogP contribution in [0.3, 0.4) is 0 Å². The van der Waals surface area contributed by atoms with Gasteiger partial charge in [0.05, 0.1) is 16.4 Å². The number of nitrogens with zero attached hydrogens (tertiary/aromatic N) is 4. The maximum atomic E-state index is 6.22.